The number of anilines is 1. The first kappa shape index (κ1) is 33.2. The highest BCUT2D eigenvalue weighted by molar-refractivity contribution is 6.12. The number of methoxy groups -OCH3 is 2. The van der Waals surface area contributed by atoms with Crippen molar-refractivity contribution < 1.29 is 14.2 Å². The Labute approximate surface area is 309 Å². The molecule has 5 aromatic rings. The van der Waals surface area contributed by atoms with E-state index in [1.54, 1.807) is 7.11 Å². The summed E-state index contributed by atoms with van der Waals surface area (Å²) in [6.07, 6.45) is 10.2. The van der Waals surface area contributed by atoms with Crippen LogP contribution in [0.15, 0.2) is 84.9 Å². The van der Waals surface area contributed by atoms with Crippen LogP contribution >= 0.6 is 0 Å². The summed E-state index contributed by atoms with van der Waals surface area (Å²) in [5.41, 5.74) is 12.3. The van der Waals surface area contributed by atoms with Gasteiger partial charge in [0.1, 0.15) is 17.2 Å². The van der Waals surface area contributed by atoms with E-state index in [0.717, 1.165) is 66.0 Å². The summed E-state index contributed by atoms with van der Waals surface area (Å²) in [5.74, 6) is 2.70. The SMILES string of the molecule is COc1ccc(C2(c3ccc(C)cc3)C=Cc3c4c(c5c6c(c(OC)cc5c3O2)N(C)CCC6)-c2ccccc2C42CC(C)(C)CC(C)(C)C2)cc1. The molecule has 266 valence electrons. The van der Waals surface area contributed by atoms with Gasteiger partial charge in [0, 0.05) is 41.1 Å². The van der Waals surface area contributed by atoms with Crippen LogP contribution in [0.4, 0.5) is 5.69 Å². The minimum Gasteiger partial charge on any atom is -0.497 e. The number of rotatable bonds is 4. The molecule has 1 spiro atoms. The maximum atomic E-state index is 7.80. The van der Waals surface area contributed by atoms with Crippen molar-refractivity contribution in [2.75, 3.05) is 32.7 Å². The molecule has 4 aliphatic rings. The largest absolute Gasteiger partial charge is 0.497 e. The van der Waals surface area contributed by atoms with Crippen LogP contribution in [0.3, 0.4) is 0 Å². The highest BCUT2D eigenvalue weighted by Gasteiger charge is 2.56. The molecule has 0 radical (unpaired) electrons. The van der Waals surface area contributed by atoms with Gasteiger partial charge in [-0.3, -0.25) is 0 Å². The minimum atomic E-state index is -0.849. The molecule has 1 unspecified atom stereocenters. The van der Waals surface area contributed by atoms with Crippen LogP contribution in [0.5, 0.6) is 17.2 Å². The number of hydrogen-bond acceptors (Lipinski definition) is 4. The maximum absolute atomic E-state index is 7.80. The van der Waals surface area contributed by atoms with E-state index in [9.17, 15) is 0 Å². The van der Waals surface area contributed by atoms with E-state index in [1.165, 1.54) is 56.4 Å². The molecule has 4 heteroatoms. The third-order valence-corrected chi connectivity index (χ3v) is 12.6. The molecule has 9 rings (SSSR count). The molecule has 1 atom stereocenters. The fraction of sp³-hybridized carbons (Fsp3) is 0.375. The van der Waals surface area contributed by atoms with Crippen LogP contribution in [0.2, 0.25) is 0 Å². The Bertz CT molecular complexity index is 2260. The van der Waals surface area contributed by atoms with Crippen molar-refractivity contribution in [3.05, 3.63) is 124 Å². The van der Waals surface area contributed by atoms with Gasteiger partial charge in [-0.05, 0) is 107 Å². The van der Waals surface area contributed by atoms with Gasteiger partial charge in [-0.1, -0.05) is 100.0 Å². The lowest BCUT2D eigenvalue weighted by atomic mass is 9.52. The van der Waals surface area contributed by atoms with Crippen LogP contribution < -0.4 is 19.1 Å². The molecule has 0 N–H and O–H groups in total. The average Bonchev–Trinajstić information content (AvgIpc) is 3.38. The molecule has 0 aromatic heterocycles. The van der Waals surface area contributed by atoms with Crippen molar-refractivity contribution in [3.63, 3.8) is 0 Å². The molecule has 0 bridgehead atoms. The molecule has 2 aliphatic heterocycles. The van der Waals surface area contributed by atoms with E-state index in [-0.39, 0.29) is 16.2 Å². The Kier molecular flexibility index (Phi) is 7.27. The number of aryl methyl sites for hydroxylation is 2. The van der Waals surface area contributed by atoms with E-state index in [1.807, 2.05) is 19.2 Å². The van der Waals surface area contributed by atoms with E-state index in [4.69, 9.17) is 14.2 Å². The zero-order valence-corrected chi connectivity index (χ0v) is 32.1. The van der Waals surface area contributed by atoms with Crippen molar-refractivity contribution >= 4 is 22.5 Å². The number of ether oxygens (including phenoxy) is 3. The number of fused-ring (bicyclic) bond motifs is 12. The van der Waals surface area contributed by atoms with Gasteiger partial charge in [-0.15, -0.1) is 0 Å². The predicted molar refractivity (Wildman–Crippen MR) is 214 cm³/mol. The van der Waals surface area contributed by atoms with Crippen LogP contribution in [0, 0.1) is 17.8 Å². The van der Waals surface area contributed by atoms with Crippen LogP contribution in [0.1, 0.15) is 92.3 Å². The molecular weight excluding hydrogens is 639 g/mol. The lowest BCUT2D eigenvalue weighted by Crippen LogP contribution is -2.44. The fourth-order valence-electron chi connectivity index (χ4n) is 11.4. The van der Waals surface area contributed by atoms with Crippen molar-refractivity contribution in [2.24, 2.45) is 10.8 Å². The molecule has 0 amide bonds. The molecule has 1 saturated carbocycles. The Morgan fingerprint density at radius 2 is 1.46 bits per heavy atom. The van der Waals surface area contributed by atoms with Gasteiger partial charge in [0.05, 0.1) is 19.9 Å². The number of hydrogen-bond donors (Lipinski definition) is 0. The predicted octanol–water partition coefficient (Wildman–Crippen LogP) is 11.4. The van der Waals surface area contributed by atoms with Crippen molar-refractivity contribution in [1.82, 2.24) is 0 Å². The second kappa shape index (κ2) is 11.4. The topological polar surface area (TPSA) is 30.9 Å². The number of benzene rings is 5. The lowest BCUT2D eigenvalue weighted by Gasteiger charge is -2.52. The Balaban J connectivity index is 1.44. The summed E-state index contributed by atoms with van der Waals surface area (Å²) in [5, 5.41) is 2.47. The second-order valence-corrected chi connectivity index (χ2v) is 17.6. The van der Waals surface area contributed by atoms with Gasteiger partial charge in [-0.2, -0.15) is 0 Å². The molecule has 2 heterocycles. The highest BCUT2D eigenvalue weighted by atomic mass is 16.5. The Morgan fingerprint density at radius 3 is 2.13 bits per heavy atom. The molecule has 1 fully saturated rings. The molecule has 52 heavy (non-hydrogen) atoms. The van der Waals surface area contributed by atoms with Gasteiger partial charge in [0.15, 0.2) is 5.60 Å². The van der Waals surface area contributed by atoms with E-state index < -0.39 is 5.60 Å². The monoisotopic (exact) mass is 689 g/mol. The lowest BCUT2D eigenvalue weighted by molar-refractivity contribution is 0.0642. The van der Waals surface area contributed by atoms with Crippen LogP contribution in [0.25, 0.3) is 28.0 Å². The molecule has 4 nitrogen and oxygen atoms in total. The van der Waals surface area contributed by atoms with Crippen molar-refractivity contribution in [2.45, 2.75) is 77.7 Å². The molecule has 5 aromatic carbocycles. The summed E-state index contributed by atoms with van der Waals surface area (Å²) < 4.78 is 19.7. The Morgan fingerprint density at radius 1 is 0.788 bits per heavy atom. The first-order valence-corrected chi connectivity index (χ1v) is 19.1. The normalized spacial score (nSPS) is 21.6. The van der Waals surface area contributed by atoms with Gasteiger partial charge in [0.2, 0.25) is 0 Å². The standard InChI is InChI=1S/C48H51NO3/c1-30-15-17-31(18-16-30)48(32-19-21-33(50-7)22-20-32)24-23-36-42-41(34-12-9-10-14-38(34)47(42)28-45(2,3)27-46(4,5)29-47)40-35-13-11-25-49(6)43(35)39(51-8)26-37(40)44(36)52-48/h9-10,12,14-24,26H,11,13,25,27-29H2,1-8H3. The van der Waals surface area contributed by atoms with Gasteiger partial charge >= 0.3 is 0 Å². The summed E-state index contributed by atoms with van der Waals surface area (Å²) in [4.78, 5) is 2.40. The zero-order chi connectivity index (χ0) is 36.2. The highest BCUT2D eigenvalue weighted by Crippen LogP contribution is 2.67. The van der Waals surface area contributed by atoms with E-state index >= 15 is 0 Å². The second-order valence-electron chi connectivity index (χ2n) is 17.6. The maximum Gasteiger partial charge on any atom is 0.178 e. The number of nitrogens with zero attached hydrogens (tertiary/aromatic N) is 1. The minimum absolute atomic E-state index is 0.152. The molecular formula is C48H51NO3. The fourth-order valence-corrected chi connectivity index (χ4v) is 11.4. The van der Waals surface area contributed by atoms with Gasteiger partial charge in [-0.25, -0.2) is 0 Å². The van der Waals surface area contributed by atoms with Crippen molar-refractivity contribution in [3.8, 4) is 28.4 Å². The first-order chi connectivity index (χ1) is 24.9. The summed E-state index contributed by atoms with van der Waals surface area (Å²) in [6, 6.07) is 28.9. The van der Waals surface area contributed by atoms with E-state index in [0.29, 0.717) is 0 Å². The summed E-state index contributed by atoms with van der Waals surface area (Å²) in [6.45, 7) is 13.1. The summed E-state index contributed by atoms with van der Waals surface area (Å²) >= 11 is 0. The van der Waals surface area contributed by atoms with Crippen molar-refractivity contribution in [1.29, 1.82) is 0 Å². The van der Waals surface area contributed by atoms with E-state index in [2.05, 4.69) is 125 Å². The smallest absolute Gasteiger partial charge is 0.178 e. The van der Waals surface area contributed by atoms with Crippen LogP contribution in [-0.4, -0.2) is 27.8 Å². The quantitative estimate of drug-likeness (QED) is 0.188. The first-order valence-electron chi connectivity index (χ1n) is 19.1. The zero-order valence-electron chi connectivity index (χ0n) is 32.1. The van der Waals surface area contributed by atoms with Gasteiger partial charge in [0.25, 0.3) is 0 Å². The molecule has 2 aliphatic carbocycles. The third kappa shape index (κ3) is 4.72. The van der Waals surface area contributed by atoms with Crippen LogP contribution in [-0.2, 0) is 17.4 Å². The average molecular weight is 690 g/mol. The third-order valence-electron chi connectivity index (χ3n) is 12.6. The Hall–Kier alpha value is -4.70. The molecule has 0 saturated heterocycles. The summed E-state index contributed by atoms with van der Waals surface area (Å²) in [7, 11) is 5.75. The van der Waals surface area contributed by atoms with Gasteiger partial charge < -0.3 is 19.1 Å².